The van der Waals surface area contributed by atoms with Crippen molar-refractivity contribution in [3.05, 3.63) is 103 Å². The molecule has 0 saturated carbocycles. The summed E-state index contributed by atoms with van der Waals surface area (Å²) >= 11 is 24.8. The SMILES string of the molecule is Cc1c(C(Cc2cc(-c3ccc(Cl)c(Cl)c3)n(-c3ccc(Cl)cc3Cl)n2)C(=O)O)cccc1C(F)(F)F. The topological polar surface area (TPSA) is 55.1 Å². The van der Waals surface area contributed by atoms with Crippen LogP contribution in [0.4, 0.5) is 13.2 Å². The molecule has 1 N–H and O–H groups in total. The Kier molecular flexibility index (Phi) is 7.81. The number of carboxylic acid groups (broad SMARTS) is 1. The summed E-state index contributed by atoms with van der Waals surface area (Å²) in [6, 6.07) is 14.9. The summed E-state index contributed by atoms with van der Waals surface area (Å²) in [6.45, 7) is 1.27. The number of hydrogen-bond donors (Lipinski definition) is 1. The van der Waals surface area contributed by atoms with Crippen molar-refractivity contribution in [2.75, 3.05) is 0 Å². The molecule has 1 heterocycles. The Labute approximate surface area is 230 Å². The van der Waals surface area contributed by atoms with E-state index >= 15 is 0 Å². The van der Waals surface area contributed by atoms with Gasteiger partial charge in [0.15, 0.2) is 0 Å². The Morgan fingerprint density at radius 1 is 0.973 bits per heavy atom. The van der Waals surface area contributed by atoms with Crippen LogP contribution in [-0.4, -0.2) is 20.9 Å². The Hall–Kier alpha value is -2.71. The van der Waals surface area contributed by atoms with E-state index in [4.69, 9.17) is 46.4 Å². The predicted octanol–water partition coefficient (Wildman–Crippen LogP) is 8.89. The summed E-state index contributed by atoms with van der Waals surface area (Å²) in [4.78, 5) is 12.2. The lowest BCUT2D eigenvalue weighted by atomic mass is 9.88. The molecule has 4 nitrogen and oxygen atoms in total. The Balaban J connectivity index is 1.85. The van der Waals surface area contributed by atoms with Gasteiger partial charge in [0.05, 0.1) is 43.6 Å². The van der Waals surface area contributed by atoms with Crippen LogP contribution < -0.4 is 0 Å². The van der Waals surface area contributed by atoms with Gasteiger partial charge in [-0.3, -0.25) is 4.79 Å². The van der Waals surface area contributed by atoms with Gasteiger partial charge in [-0.1, -0.05) is 64.6 Å². The molecule has 0 spiro atoms. The van der Waals surface area contributed by atoms with Gasteiger partial charge in [-0.15, -0.1) is 0 Å². The van der Waals surface area contributed by atoms with Crippen molar-refractivity contribution in [3.63, 3.8) is 0 Å². The monoisotopic (exact) mass is 586 g/mol. The number of carbonyl (C=O) groups is 1. The molecule has 0 saturated heterocycles. The van der Waals surface area contributed by atoms with Crippen molar-refractivity contribution >= 4 is 52.4 Å². The van der Waals surface area contributed by atoms with Crippen LogP contribution in [0.1, 0.15) is 28.3 Å². The Morgan fingerprint density at radius 2 is 1.70 bits per heavy atom. The van der Waals surface area contributed by atoms with E-state index in [1.54, 1.807) is 36.4 Å². The van der Waals surface area contributed by atoms with Crippen LogP contribution >= 0.6 is 46.4 Å². The van der Waals surface area contributed by atoms with Crippen molar-refractivity contribution in [2.45, 2.75) is 25.4 Å². The van der Waals surface area contributed by atoms with E-state index in [9.17, 15) is 23.1 Å². The number of halogens is 7. The van der Waals surface area contributed by atoms with E-state index in [1.807, 2.05) is 0 Å². The summed E-state index contributed by atoms with van der Waals surface area (Å²) in [7, 11) is 0. The van der Waals surface area contributed by atoms with Gasteiger partial charge in [-0.2, -0.15) is 18.3 Å². The number of aromatic nitrogens is 2. The van der Waals surface area contributed by atoms with Crippen LogP contribution in [0.2, 0.25) is 20.1 Å². The fourth-order valence-electron chi connectivity index (χ4n) is 4.11. The van der Waals surface area contributed by atoms with Gasteiger partial charge in [0.25, 0.3) is 0 Å². The first-order valence-electron chi connectivity index (χ1n) is 10.8. The maximum absolute atomic E-state index is 13.5. The van der Waals surface area contributed by atoms with E-state index in [2.05, 4.69) is 5.10 Å². The van der Waals surface area contributed by atoms with Crippen LogP contribution in [0, 0.1) is 6.92 Å². The first-order chi connectivity index (χ1) is 17.4. The third-order valence-electron chi connectivity index (χ3n) is 5.88. The second-order valence-corrected chi connectivity index (χ2v) is 9.93. The molecule has 4 aromatic rings. The molecule has 0 amide bonds. The number of carboxylic acids is 1. The molecule has 0 aliphatic heterocycles. The standard InChI is InChI=1S/C26H17Cl4F3N2O2/c1-13-17(3-2-4-19(13)26(31,32)33)18(25(36)37)11-16-12-24(14-5-7-20(28)21(29)9-14)35(34-16)23-8-6-15(27)10-22(23)30/h2-10,12,18H,11H2,1H3,(H,36,37). The molecular weight excluding hydrogens is 571 g/mol. The zero-order chi connectivity index (χ0) is 27.1. The van der Waals surface area contributed by atoms with Crippen LogP contribution in [0.3, 0.4) is 0 Å². The van der Waals surface area contributed by atoms with E-state index in [1.165, 1.54) is 29.8 Å². The molecule has 11 heteroatoms. The van der Waals surface area contributed by atoms with Crippen LogP contribution in [0.15, 0.2) is 60.7 Å². The summed E-state index contributed by atoms with van der Waals surface area (Å²) in [6.07, 6.45) is -4.79. The van der Waals surface area contributed by atoms with Gasteiger partial charge in [0, 0.05) is 17.0 Å². The average molecular weight is 588 g/mol. The number of hydrogen-bond acceptors (Lipinski definition) is 2. The van der Waals surface area contributed by atoms with Gasteiger partial charge in [-0.25, -0.2) is 4.68 Å². The van der Waals surface area contributed by atoms with Gasteiger partial charge in [-0.05, 0) is 60.5 Å². The minimum Gasteiger partial charge on any atom is -0.481 e. The van der Waals surface area contributed by atoms with Crippen molar-refractivity contribution in [1.82, 2.24) is 9.78 Å². The van der Waals surface area contributed by atoms with E-state index < -0.39 is 23.6 Å². The molecular formula is C26H17Cl4F3N2O2. The number of alkyl halides is 3. The highest BCUT2D eigenvalue weighted by Crippen LogP contribution is 2.37. The molecule has 4 rings (SSSR count). The Bertz CT molecular complexity index is 1500. The lowest BCUT2D eigenvalue weighted by Gasteiger charge is -2.18. The quantitative estimate of drug-likeness (QED) is 0.245. The van der Waals surface area contributed by atoms with Crippen molar-refractivity contribution in [2.24, 2.45) is 0 Å². The highest BCUT2D eigenvalue weighted by molar-refractivity contribution is 6.42. The third kappa shape index (κ3) is 5.75. The highest BCUT2D eigenvalue weighted by Gasteiger charge is 2.35. The summed E-state index contributed by atoms with van der Waals surface area (Å²) in [5.74, 6) is -2.56. The lowest BCUT2D eigenvalue weighted by molar-refractivity contribution is -0.140. The molecule has 1 aromatic heterocycles. The Morgan fingerprint density at radius 3 is 2.32 bits per heavy atom. The predicted molar refractivity (Wildman–Crippen MR) is 139 cm³/mol. The summed E-state index contributed by atoms with van der Waals surface area (Å²) in [5.41, 5.74) is 0.928. The van der Waals surface area contributed by atoms with Gasteiger partial charge in [0.1, 0.15) is 0 Å². The third-order valence-corrected chi connectivity index (χ3v) is 7.16. The molecule has 0 radical (unpaired) electrons. The number of nitrogens with zero attached hydrogens (tertiary/aromatic N) is 2. The van der Waals surface area contributed by atoms with E-state index in [-0.39, 0.29) is 22.6 Å². The zero-order valence-corrected chi connectivity index (χ0v) is 22.0. The second-order valence-electron chi connectivity index (χ2n) is 8.27. The lowest BCUT2D eigenvalue weighted by Crippen LogP contribution is -2.18. The van der Waals surface area contributed by atoms with E-state index in [0.717, 1.165) is 6.07 Å². The first-order valence-corrected chi connectivity index (χ1v) is 12.3. The maximum Gasteiger partial charge on any atom is 0.416 e. The summed E-state index contributed by atoms with van der Waals surface area (Å²) in [5, 5.41) is 15.9. The zero-order valence-electron chi connectivity index (χ0n) is 19.0. The average Bonchev–Trinajstić information content (AvgIpc) is 3.22. The molecule has 1 atom stereocenters. The molecule has 0 fully saturated rings. The van der Waals surface area contributed by atoms with Gasteiger partial charge < -0.3 is 5.11 Å². The van der Waals surface area contributed by atoms with Gasteiger partial charge >= 0.3 is 12.1 Å². The maximum atomic E-state index is 13.5. The van der Waals surface area contributed by atoms with Crippen LogP contribution in [0.25, 0.3) is 16.9 Å². The number of aliphatic carboxylic acids is 1. The van der Waals surface area contributed by atoms with Crippen molar-refractivity contribution in [1.29, 1.82) is 0 Å². The largest absolute Gasteiger partial charge is 0.481 e. The molecule has 0 bridgehead atoms. The fraction of sp³-hybridized carbons (Fsp3) is 0.154. The number of rotatable bonds is 6. The minimum absolute atomic E-state index is 0.0532. The van der Waals surface area contributed by atoms with Crippen molar-refractivity contribution < 1.29 is 23.1 Å². The molecule has 1 unspecified atom stereocenters. The highest BCUT2D eigenvalue weighted by atomic mass is 35.5. The normalized spacial score (nSPS) is 12.5. The van der Waals surface area contributed by atoms with Gasteiger partial charge in [0.2, 0.25) is 0 Å². The fourth-order valence-corrected chi connectivity index (χ4v) is 4.89. The number of benzene rings is 3. The molecule has 37 heavy (non-hydrogen) atoms. The van der Waals surface area contributed by atoms with E-state index in [0.29, 0.717) is 37.7 Å². The minimum atomic E-state index is -4.61. The summed E-state index contributed by atoms with van der Waals surface area (Å²) < 4.78 is 41.9. The van der Waals surface area contributed by atoms with Crippen LogP contribution in [-0.2, 0) is 17.4 Å². The second kappa shape index (κ2) is 10.6. The molecule has 0 aliphatic rings. The molecule has 192 valence electrons. The molecule has 0 aliphatic carbocycles. The first kappa shape index (κ1) is 27.3. The van der Waals surface area contributed by atoms with Crippen LogP contribution in [0.5, 0.6) is 0 Å². The molecule has 3 aromatic carbocycles. The van der Waals surface area contributed by atoms with Crippen molar-refractivity contribution in [3.8, 4) is 16.9 Å². The smallest absolute Gasteiger partial charge is 0.416 e.